The summed E-state index contributed by atoms with van der Waals surface area (Å²) in [6.45, 7) is 11.7. The molecule has 0 spiro atoms. The van der Waals surface area contributed by atoms with Crippen LogP contribution in [0.4, 0.5) is 16.3 Å². The number of nitrogens with one attached hydrogen (secondary N) is 1. The van der Waals surface area contributed by atoms with Gasteiger partial charge in [0, 0.05) is 102 Å². The van der Waals surface area contributed by atoms with Crippen LogP contribution in [0.2, 0.25) is 0 Å². The largest absolute Gasteiger partial charge is 0.457 e. The van der Waals surface area contributed by atoms with E-state index in [-0.39, 0.29) is 36.2 Å². The molecular formula is C53H64N12O5. The Labute approximate surface area is 408 Å². The van der Waals surface area contributed by atoms with Crippen LogP contribution in [0.5, 0.6) is 11.5 Å². The van der Waals surface area contributed by atoms with Gasteiger partial charge in [-0.2, -0.15) is 5.10 Å². The number of para-hydroxylation sites is 1. The monoisotopic (exact) mass is 949 g/mol. The maximum Gasteiger partial charge on any atom is 0.319 e. The highest BCUT2D eigenvalue weighted by Gasteiger charge is 2.40. The zero-order valence-electron chi connectivity index (χ0n) is 40.0. The Morgan fingerprint density at radius 2 is 1.43 bits per heavy atom. The van der Waals surface area contributed by atoms with Gasteiger partial charge in [-0.05, 0) is 130 Å². The molecule has 0 bridgehead atoms. The molecule has 6 aliphatic heterocycles. The molecule has 5 saturated heterocycles. The summed E-state index contributed by atoms with van der Waals surface area (Å²) in [7, 11) is 0. The van der Waals surface area contributed by atoms with Crippen LogP contribution in [0.15, 0.2) is 79.1 Å². The first kappa shape index (κ1) is 45.8. The van der Waals surface area contributed by atoms with Crippen molar-refractivity contribution in [3.05, 3.63) is 90.3 Å². The number of aromatic nitrogens is 4. The van der Waals surface area contributed by atoms with Crippen molar-refractivity contribution in [2.24, 2.45) is 11.8 Å². The Morgan fingerprint density at radius 1 is 0.729 bits per heavy atom. The lowest BCUT2D eigenvalue weighted by Gasteiger charge is -2.41. The highest BCUT2D eigenvalue weighted by Crippen LogP contribution is 2.36. The number of nitrogens with zero attached hydrogens (tertiary/aromatic N) is 10. The van der Waals surface area contributed by atoms with Crippen molar-refractivity contribution in [1.82, 2.24) is 49.6 Å². The molecule has 8 heterocycles. The zero-order chi connectivity index (χ0) is 47.7. The van der Waals surface area contributed by atoms with Gasteiger partial charge in [-0.25, -0.2) is 19.4 Å². The molecule has 11 rings (SSSR count). The van der Waals surface area contributed by atoms with Gasteiger partial charge in [0.1, 0.15) is 35.4 Å². The maximum absolute atomic E-state index is 13.7. The number of anilines is 2. The van der Waals surface area contributed by atoms with E-state index < -0.39 is 6.04 Å². The smallest absolute Gasteiger partial charge is 0.319 e. The summed E-state index contributed by atoms with van der Waals surface area (Å²) in [5.74, 6) is 2.40. The summed E-state index contributed by atoms with van der Waals surface area (Å²) in [5.41, 5.74) is 11.7. The number of amides is 5. The molecule has 5 aromatic rings. The predicted molar refractivity (Wildman–Crippen MR) is 266 cm³/mol. The highest BCUT2D eigenvalue weighted by molar-refractivity contribution is 6.05. The van der Waals surface area contributed by atoms with Crippen molar-refractivity contribution in [3.8, 4) is 22.8 Å². The maximum atomic E-state index is 13.7. The van der Waals surface area contributed by atoms with Gasteiger partial charge in [0.2, 0.25) is 11.8 Å². The average Bonchev–Trinajstić information content (AvgIpc) is 3.95. The predicted octanol–water partition coefficient (Wildman–Crippen LogP) is 6.02. The van der Waals surface area contributed by atoms with Crippen molar-refractivity contribution in [1.29, 1.82) is 0 Å². The first-order valence-corrected chi connectivity index (χ1v) is 25.5. The average molecular weight is 949 g/mol. The number of carbonyl (C=O) groups is 4. The third-order valence-corrected chi connectivity index (χ3v) is 15.9. The number of piperazine rings is 1. The molecule has 1 unspecified atom stereocenters. The van der Waals surface area contributed by atoms with E-state index in [1.165, 1.54) is 6.33 Å². The number of carbonyl (C=O) groups excluding carboxylic acids is 4. The second-order valence-electron chi connectivity index (χ2n) is 20.2. The fourth-order valence-corrected chi connectivity index (χ4v) is 11.7. The summed E-state index contributed by atoms with van der Waals surface area (Å²) in [6, 6.07) is 23.6. The van der Waals surface area contributed by atoms with E-state index in [9.17, 15) is 19.2 Å². The Hall–Kier alpha value is -6.59. The van der Waals surface area contributed by atoms with Crippen LogP contribution in [0.3, 0.4) is 0 Å². The van der Waals surface area contributed by atoms with Crippen molar-refractivity contribution in [2.75, 3.05) is 89.2 Å². The Morgan fingerprint density at radius 3 is 2.14 bits per heavy atom. The van der Waals surface area contributed by atoms with E-state index >= 15 is 0 Å². The summed E-state index contributed by atoms with van der Waals surface area (Å²) in [5, 5.41) is 8.31. The lowest BCUT2D eigenvalue weighted by molar-refractivity contribution is -0.136. The van der Waals surface area contributed by atoms with E-state index in [0.29, 0.717) is 36.2 Å². The van der Waals surface area contributed by atoms with Crippen molar-refractivity contribution in [3.63, 3.8) is 0 Å². The molecular weight excluding hydrogens is 885 g/mol. The van der Waals surface area contributed by atoms with Gasteiger partial charge < -0.3 is 35.0 Å². The second kappa shape index (κ2) is 20.0. The molecule has 1 atom stereocenters. The number of urea groups is 1. The molecule has 6 aliphatic rings. The van der Waals surface area contributed by atoms with Gasteiger partial charge in [0.15, 0.2) is 5.65 Å². The lowest BCUT2D eigenvalue weighted by atomic mass is 9.93. The molecule has 366 valence electrons. The van der Waals surface area contributed by atoms with Crippen LogP contribution < -0.4 is 20.7 Å². The van der Waals surface area contributed by atoms with Crippen LogP contribution in [-0.2, 0) is 16.1 Å². The standard InChI is InChI=1S/C53H64N12O5/c54-49-47-48(38-6-9-43(10-7-38)70-42-4-2-1-3-5-42)58-65(50(47)56-35-55-49)40-19-22-60(23-20-40)33-37-17-26-63(27-18-37)53(69)62-24-15-36(16-25-62)14-21-59-28-30-61(31-29-59)41-8-11-44-39(32-41)34-64(52(44)68)45-12-13-46(66)57-51(45)67/h1-11,32,35-37,40,45H,12-31,33-34H2,(H2,54,55,56)(H,57,66,67). The fourth-order valence-electron chi connectivity index (χ4n) is 11.7. The molecule has 0 radical (unpaired) electrons. The molecule has 17 nitrogen and oxygen atoms in total. The van der Waals surface area contributed by atoms with Crippen LogP contribution in [0.25, 0.3) is 22.3 Å². The molecule has 5 amide bonds. The van der Waals surface area contributed by atoms with E-state index in [2.05, 4.69) is 50.5 Å². The number of nitrogens with two attached hydrogens (primary N) is 1. The van der Waals surface area contributed by atoms with Gasteiger partial charge in [0.25, 0.3) is 5.91 Å². The Bertz CT molecular complexity index is 2700. The summed E-state index contributed by atoms with van der Waals surface area (Å²) >= 11 is 0. The van der Waals surface area contributed by atoms with Crippen molar-refractivity contribution >= 4 is 46.3 Å². The minimum absolute atomic E-state index is 0.134. The first-order valence-electron chi connectivity index (χ1n) is 25.5. The van der Waals surface area contributed by atoms with Crippen LogP contribution in [-0.4, -0.2) is 153 Å². The topological polar surface area (TPSA) is 179 Å². The summed E-state index contributed by atoms with van der Waals surface area (Å²) < 4.78 is 8.11. The van der Waals surface area contributed by atoms with Gasteiger partial charge in [-0.1, -0.05) is 18.2 Å². The van der Waals surface area contributed by atoms with Crippen LogP contribution in [0.1, 0.15) is 79.8 Å². The van der Waals surface area contributed by atoms with E-state index in [4.69, 9.17) is 15.6 Å². The fraction of sp³-hybridized carbons (Fsp3) is 0.491. The normalized spacial score (nSPS) is 21.4. The van der Waals surface area contributed by atoms with Gasteiger partial charge in [0.05, 0.1) is 11.4 Å². The minimum atomic E-state index is -0.599. The molecule has 3 aromatic carbocycles. The molecule has 3 N–H and O–H groups in total. The van der Waals surface area contributed by atoms with E-state index in [1.807, 2.05) is 66.7 Å². The number of imide groups is 1. The Kier molecular flexibility index (Phi) is 13.1. The number of rotatable bonds is 11. The Balaban J connectivity index is 0.590. The number of ether oxygens (including phenoxy) is 1. The minimum Gasteiger partial charge on any atom is -0.457 e. The van der Waals surface area contributed by atoms with Gasteiger partial charge in [-0.3, -0.25) is 24.6 Å². The number of fused-ring (bicyclic) bond motifs is 2. The van der Waals surface area contributed by atoms with E-state index in [0.717, 1.165) is 169 Å². The molecule has 2 aromatic heterocycles. The van der Waals surface area contributed by atoms with E-state index in [1.54, 1.807) is 4.90 Å². The molecule has 70 heavy (non-hydrogen) atoms. The number of piperidine rings is 4. The zero-order valence-corrected chi connectivity index (χ0v) is 40.0. The SMILES string of the molecule is Nc1ncnc2c1c(-c1ccc(Oc3ccccc3)cc1)nn2C1CCN(CC2CCN(C(=O)N3CCC(CCN4CCN(c5ccc6c(c5)CN(C5CCC(=O)NC5=O)C6=O)CC4)CC3)CC2)CC1. The highest BCUT2D eigenvalue weighted by atomic mass is 16.5. The van der Waals surface area contributed by atoms with Crippen molar-refractivity contribution in [2.45, 2.75) is 76.4 Å². The summed E-state index contributed by atoms with van der Waals surface area (Å²) in [4.78, 5) is 73.4. The molecule has 5 fully saturated rings. The number of hydrogen-bond acceptors (Lipinski definition) is 12. The molecule has 0 aliphatic carbocycles. The quantitative estimate of drug-likeness (QED) is 0.147. The third kappa shape index (κ3) is 9.65. The number of likely N-dealkylation sites (tertiary alicyclic amines) is 3. The van der Waals surface area contributed by atoms with Crippen LogP contribution in [0, 0.1) is 11.8 Å². The molecule has 17 heteroatoms. The number of hydrogen-bond donors (Lipinski definition) is 2. The van der Waals surface area contributed by atoms with Crippen LogP contribution >= 0.6 is 0 Å². The second-order valence-corrected chi connectivity index (χ2v) is 20.2. The van der Waals surface area contributed by atoms with Gasteiger partial charge >= 0.3 is 6.03 Å². The van der Waals surface area contributed by atoms with Gasteiger partial charge in [-0.15, -0.1) is 0 Å². The number of nitrogen functional groups attached to an aromatic ring is 1. The molecule has 0 saturated carbocycles. The lowest BCUT2D eigenvalue weighted by Crippen LogP contribution is -2.52. The van der Waals surface area contributed by atoms with Crippen molar-refractivity contribution < 1.29 is 23.9 Å². The first-order chi connectivity index (χ1) is 34.2. The summed E-state index contributed by atoms with van der Waals surface area (Å²) in [6.07, 6.45) is 9.49. The third-order valence-electron chi connectivity index (χ3n) is 15.9. The number of benzene rings is 3.